The van der Waals surface area contributed by atoms with Gasteiger partial charge in [-0.05, 0) is 25.8 Å². The van der Waals surface area contributed by atoms with Crippen molar-refractivity contribution in [3.8, 4) is 0 Å². The zero-order valence-corrected chi connectivity index (χ0v) is 13.8. The van der Waals surface area contributed by atoms with Crippen molar-refractivity contribution in [3.63, 3.8) is 0 Å². The van der Waals surface area contributed by atoms with E-state index in [1.807, 2.05) is 20.8 Å². The summed E-state index contributed by atoms with van der Waals surface area (Å²) in [4.78, 5) is 11.1. The molecule has 0 aliphatic carbocycles. The van der Waals surface area contributed by atoms with Gasteiger partial charge in [0.25, 0.3) is 0 Å². The maximum Gasteiger partial charge on any atom is 0.352 e. The molecule has 1 heterocycles. The van der Waals surface area contributed by atoms with Gasteiger partial charge >= 0.3 is 5.97 Å². The van der Waals surface area contributed by atoms with E-state index >= 15 is 0 Å². The number of aryl methyl sites for hydroxylation is 1. The Balaban J connectivity index is 3.06. The zero-order chi connectivity index (χ0) is 16.2. The van der Waals surface area contributed by atoms with E-state index in [0.717, 1.165) is 12.8 Å². The van der Waals surface area contributed by atoms with Crippen LogP contribution in [0.3, 0.4) is 0 Å². The number of hydrogen-bond donors (Lipinski definition) is 2. The first-order chi connectivity index (χ1) is 9.76. The van der Waals surface area contributed by atoms with Gasteiger partial charge < -0.3 is 9.67 Å². The molecule has 0 aliphatic heterocycles. The number of nitrogens with one attached hydrogen (secondary N) is 1. The molecule has 0 aliphatic rings. The Kier molecular flexibility index (Phi) is 5.98. The van der Waals surface area contributed by atoms with Gasteiger partial charge in [-0.15, -0.1) is 0 Å². The van der Waals surface area contributed by atoms with Gasteiger partial charge in [0.15, 0.2) is 0 Å². The van der Waals surface area contributed by atoms with E-state index in [2.05, 4.69) is 4.72 Å². The van der Waals surface area contributed by atoms with Crippen LogP contribution in [0.15, 0.2) is 17.2 Å². The lowest BCUT2D eigenvalue weighted by Gasteiger charge is -2.21. The second-order valence-electron chi connectivity index (χ2n) is 5.14. The van der Waals surface area contributed by atoms with Crippen LogP contribution < -0.4 is 4.72 Å². The van der Waals surface area contributed by atoms with Crippen LogP contribution in [0.5, 0.6) is 0 Å². The van der Waals surface area contributed by atoms with E-state index in [1.54, 1.807) is 6.92 Å². The fourth-order valence-electron chi connectivity index (χ4n) is 2.48. The molecule has 1 atom stereocenters. The molecule has 120 valence electrons. The van der Waals surface area contributed by atoms with Crippen molar-refractivity contribution in [2.45, 2.75) is 58.0 Å². The minimum Gasteiger partial charge on any atom is -0.477 e. The van der Waals surface area contributed by atoms with Crippen LogP contribution in [0.2, 0.25) is 0 Å². The predicted octanol–water partition coefficient (Wildman–Crippen LogP) is 2.31. The van der Waals surface area contributed by atoms with Crippen LogP contribution >= 0.6 is 0 Å². The quantitative estimate of drug-likeness (QED) is 0.770. The Morgan fingerprint density at radius 2 is 1.90 bits per heavy atom. The predicted molar refractivity (Wildman–Crippen MR) is 80.9 cm³/mol. The van der Waals surface area contributed by atoms with Gasteiger partial charge in [-0.2, -0.15) is 0 Å². The highest BCUT2D eigenvalue weighted by Crippen LogP contribution is 2.18. The van der Waals surface area contributed by atoms with Crippen LogP contribution in [0.1, 0.15) is 51.0 Å². The smallest absolute Gasteiger partial charge is 0.352 e. The van der Waals surface area contributed by atoms with Crippen LogP contribution in [-0.2, 0) is 16.6 Å². The number of rotatable bonds is 8. The standard InChI is InChI=1S/C14H24N2O4S/c1-5-11(6-2)10(4)15-21(19,20)12-8-13(14(17)18)16(7-3)9-12/h8-11,15H,5-7H2,1-4H3,(H,17,18). The highest BCUT2D eigenvalue weighted by molar-refractivity contribution is 7.89. The SMILES string of the molecule is CCC(CC)C(C)NS(=O)(=O)c1cc(C(=O)O)n(CC)c1. The Hall–Kier alpha value is -1.34. The monoisotopic (exact) mass is 316 g/mol. The summed E-state index contributed by atoms with van der Waals surface area (Å²) in [7, 11) is -3.70. The summed E-state index contributed by atoms with van der Waals surface area (Å²) < 4.78 is 28.8. The van der Waals surface area contributed by atoms with Crippen molar-refractivity contribution in [3.05, 3.63) is 18.0 Å². The lowest BCUT2D eigenvalue weighted by Crippen LogP contribution is -2.37. The van der Waals surface area contributed by atoms with Gasteiger partial charge in [0.2, 0.25) is 10.0 Å². The minimum atomic E-state index is -3.70. The van der Waals surface area contributed by atoms with Crippen molar-refractivity contribution in [2.24, 2.45) is 5.92 Å². The highest BCUT2D eigenvalue weighted by atomic mass is 32.2. The molecule has 0 saturated heterocycles. The number of aromatic nitrogens is 1. The summed E-state index contributed by atoms with van der Waals surface area (Å²) in [6, 6.07) is 1.01. The third kappa shape index (κ3) is 4.07. The van der Waals surface area contributed by atoms with E-state index in [4.69, 9.17) is 5.11 Å². The van der Waals surface area contributed by atoms with Gasteiger partial charge in [0.1, 0.15) is 10.6 Å². The number of carbonyl (C=O) groups is 1. The Morgan fingerprint density at radius 3 is 2.29 bits per heavy atom. The zero-order valence-electron chi connectivity index (χ0n) is 13.0. The molecule has 0 saturated carbocycles. The summed E-state index contributed by atoms with van der Waals surface area (Å²) in [5.41, 5.74) is -0.0203. The first-order valence-electron chi connectivity index (χ1n) is 7.22. The van der Waals surface area contributed by atoms with E-state index in [0.29, 0.717) is 6.54 Å². The maximum atomic E-state index is 12.4. The average Bonchev–Trinajstić information content (AvgIpc) is 2.84. The lowest BCUT2D eigenvalue weighted by molar-refractivity contribution is 0.0685. The second-order valence-corrected chi connectivity index (χ2v) is 6.85. The molecule has 1 aromatic rings. The van der Waals surface area contributed by atoms with E-state index in [-0.39, 0.29) is 22.5 Å². The van der Waals surface area contributed by atoms with E-state index in [1.165, 1.54) is 16.8 Å². The number of aromatic carboxylic acids is 1. The van der Waals surface area contributed by atoms with Crippen molar-refractivity contribution in [1.82, 2.24) is 9.29 Å². The molecule has 0 aromatic carbocycles. The molecule has 2 N–H and O–H groups in total. The molecule has 0 radical (unpaired) electrons. The van der Waals surface area contributed by atoms with E-state index in [9.17, 15) is 13.2 Å². The Bertz CT molecular complexity index is 588. The van der Waals surface area contributed by atoms with Crippen LogP contribution in [0.4, 0.5) is 0 Å². The highest BCUT2D eigenvalue weighted by Gasteiger charge is 2.25. The molecule has 0 fully saturated rings. The number of hydrogen-bond acceptors (Lipinski definition) is 3. The third-order valence-electron chi connectivity index (χ3n) is 3.84. The first kappa shape index (κ1) is 17.7. The van der Waals surface area contributed by atoms with Gasteiger partial charge in [0.05, 0.1) is 0 Å². The minimum absolute atomic E-state index is 0.000411. The largest absolute Gasteiger partial charge is 0.477 e. The fraction of sp³-hybridized carbons (Fsp3) is 0.643. The summed E-state index contributed by atoms with van der Waals surface area (Å²) in [5.74, 6) is -0.877. The van der Waals surface area contributed by atoms with Crippen molar-refractivity contribution in [2.75, 3.05) is 0 Å². The van der Waals surface area contributed by atoms with E-state index < -0.39 is 16.0 Å². The normalized spacial score (nSPS) is 13.6. The molecule has 0 spiro atoms. The third-order valence-corrected chi connectivity index (χ3v) is 5.36. The molecule has 21 heavy (non-hydrogen) atoms. The summed E-state index contributed by atoms with van der Waals surface area (Å²) >= 11 is 0. The first-order valence-corrected chi connectivity index (χ1v) is 8.70. The fourth-order valence-corrected chi connectivity index (χ4v) is 3.83. The average molecular weight is 316 g/mol. The van der Waals surface area contributed by atoms with Crippen molar-refractivity contribution >= 4 is 16.0 Å². The molecule has 6 nitrogen and oxygen atoms in total. The molecule has 7 heteroatoms. The molecule has 0 amide bonds. The Labute approximate surface area is 126 Å². The number of carboxylic acid groups (broad SMARTS) is 1. The van der Waals surface area contributed by atoms with Crippen LogP contribution in [0.25, 0.3) is 0 Å². The molecule has 1 unspecified atom stereocenters. The van der Waals surface area contributed by atoms with Gasteiger partial charge in [0, 0.05) is 18.8 Å². The summed E-state index contributed by atoms with van der Waals surface area (Å²) in [5, 5.41) is 9.09. The van der Waals surface area contributed by atoms with Gasteiger partial charge in [-0.25, -0.2) is 17.9 Å². The van der Waals surface area contributed by atoms with Crippen molar-refractivity contribution < 1.29 is 18.3 Å². The van der Waals surface area contributed by atoms with Crippen LogP contribution in [0, 0.1) is 5.92 Å². The van der Waals surface area contributed by atoms with Crippen LogP contribution in [-0.4, -0.2) is 30.1 Å². The molecular formula is C14H24N2O4S. The second kappa shape index (κ2) is 7.09. The summed E-state index contributed by atoms with van der Waals surface area (Å²) in [6.07, 6.45) is 3.14. The number of sulfonamides is 1. The van der Waals surface area contributed by atoms with Crippen molar-refractivity contribution in [1.29, 1.82) is 0 Å². The number of carboxylic acids is 1. The molecule has 0 bridgehead atoms. The lowest BCUT2D eigenvalue weighted by atomic mass is 9.96. The van der Waals surface area contributed by atoms with Gasteiger partial charge in [-0.1, -0.05) is 26.7 Å². The summed E-state index contributed by atoms with van der Waals surface area (Å²) in [6.45, 7) is 8.05. The molecular weight excluding hydrogens is 292 g/mol. The topological polar surface area (TPSA) is 88.4 Å². The number of nitrogens with zero attached hydrogens (tertiary/aromatic N) is 1. The Morgan fingerprint density at radius 1 is 1.33 bits per heavy atom. The molecule has 1 rings (SSSR count). The molecule has 1 aromatic heterocycles. The maximum absolute atomic E-state index is 12.4. The van der Waals surface area contributed by atoms with Gasteiger partial charge in [-0.3, -0.25) is 0 Å².